The largest absolute Gasteiger partial charge is 0.504 e. The summed E-state index contributed by atoms with van der Waals surface area (Å²) in [6.45, 7) is 5.61. The van der Waals surface area contributed by atoms with Crippen molar-refractivity contribution >= 4 is 17.3 Å². The second-order valence-electron chi connectivity index (χ2n) is 7.95. The van der Waals surface area contributed by atoms with Crippen molar-refractivity contribution in [1.82, 2.24) is 4.90 Å². The van der Waals surface area contributed by atoms with Gasteiger partial charge in [-0.2, -0.15) is 0 Å². The van der Waals surface area contributed by atoms with Crippen molar-refractivity contribution < 1.29 is 9.84 Å². The molecule has 0 aliphatic carbocycles. The number of rotatable bonds is 4. The van der Waals surface area contributed by atoms with Gasteiger partial charge in [0, 0.05) is 49.0 Å². The van der Waals surface area contributed by atoms with Gasteiger partial charge in [-0.05, 0) is 53.4 Å². The van der Waals surface area contributed by atoms with Crippen LogP contribution >= 0.6 is 11.6 Å². The molecule has 1 fully saturated rings. The summed E-state index contributed by atoms with van der Waals surface area (Å²) in [6, 6.07) is 20.2. The highest BCUT2D eigenvalue weighted by Gasteiger charge is 2.24. The number of phenols is 1. The fraction of sp³-hybridized carbons (Fsp3) is 0.280. The highest BCUT2D eigenvalue weighted by Crippen LogP contribution is 2.45. The first kappa shape index (κ1) is 19.3. The number of hydrogen-bond acceptors (Lipinski definition) is 4. The molecule has 0 unspecified atom stereocenters. The van der Waals surface area contributed by atoms with Crippen LogP contribution in [0.5, 0.6) is 11.5 Å². The highest BCUT2D eigenvalue weighted by atomic mass is 35.5. The van der Waals surface area contributed by atoms with E-state index < -0.39 is 0 Å². The Morgan fingerprint density at radius 3 is 2.47 bits per heavy atom. The third kappa shape index (κ3) is 3.73. The molecule has 5 heteroatoms. The molecule has 2 aliphatic rings. The van der Waals surface area contributed by atoms with E-state index in [1.165, 1.54) is 22.4 Å². The second kappa shape index (κ2) is 8.21. The summed E-state index contributed by atoms with van der Waals surface area (Å²) in [6.07, 6.45) is 0.932. The van der Waals surface area contributed by atoms with E-state index in [1.54, 1.807) is 6.07 Å². The number of hydrogen-bond donors (Lipinski definition) is 1. The molecule has 0 spiro atoms. The SMILES string of the molecule is Oc1ccc(CCN2CCN(c3ccc(Cl)cc3)CC2)c2c1OCc1ccccc1-2. The second-order valence-corrected chi connectivity index (χ2v) is 8.39. The van der Waals surface area contributed by atoms with Gasteiger partial charge in [-0.15, -0.1) is 0 Å². The van der Waals surface area contributed by atoms with Crippen LogP contribution in [-0.4, -0.2) is 42.7 Å². The number of piperazine rings is 1. The zero-order valence-corrected chi connectivity index (χ0v) is 17.6. The molecule has 0 amide bonds. The van der Waals surface area contributed by atoms with Gasteiger partial charge in [0.15, 0.2) is 11.5 Å². The number of ether oxygens (including phenoxy) is 1. The molecule has 30 heavy (non-hydrogen) atoms. The molecule has 1 N–H and O–H groups in total. The van der Waals surface area contributed by atoms with Gasteiger partial charge >= 0.3 is 0 Å². The molecule has 0 radical (unpaired) electrons. The lowest BCUT2D eigenvalue weighted by Gasteiger charge is -2.36. The molecular formula is C25H25ClN2O2. The molecule has 0 aromatic heterocycles. The van der Waals surface area contributed by atoms with Crippen molar-refractivity contribution in [2.45, 2.75) is 13.0 Å². The van der Waals surface area contributed by atoms with Gasteiger partial charge in [0.1, 0.15) is 6.61 Å². The molecule has 3 aromatic carbocycles. The monoisotopic (exact) mass is 420 g/mol. The van der Waals surface area contributed by atoms with E-state index in [1.807, 2.05) is 24.3 Å². The smallest absolute Gasteiger partial charge is 0.169 e. The Morgan fingerprint density at radius 2 is 1.67 bits per heavy atom. The quantitative estimate of drug-likeness (QED) is 0.646. The summed E-state index contributed by atoms with van der Waals surface area (Å²) in [5.74, 6) is 0.846. The van der Waals surface area contributed by atoms with Gasteiger partial charge in [0.25, 0.3) is 0 Å². The van der Waals surface area contributed by atoms with E-state index in [2.05, 4.69) is 40.1 Å². The number of anilines is 1. The molecule has 3 aromatic rings. The molecule has 1 saturated heterocycles. The number of phenolic OH excluding ortho intramolecular Hbond substituents is 1. The topological polar surface area (TPSA) is 35.9 Å². The minimum Gasteiger partial charge on any atom is -0.504 e. The van der Waals surface area contributed by atoms with Crippen molar-refractivity contribution in [2.75, 3.05) is 37.6 Å². The van der Waals surface area contributed by atoms with Gasteiger partial charge in [0.05, 0.1) is 0 Å². The fourth-order valence-corrected chi connectivity index (χ4v) is 4.59. The molecule has 5 rings (SSSR count). The van der Waals surface area contributed by atoms with Gasteiger partial charge in [-0.1, -0.05) is 41.9 Å². The average molecular weight is 421 g/mol. The molecule has 2 heterocycles. The maximum atomic E-state index is 10.3. The van der Waals surface area contributed by atoms with Crippen LogP contribution in [-0.2, 0) is 13.0 Å². The lowest BCUT2D eigenvalue weighted by Crippen LogP contribution is -2.47. The molecule has 4 nitrogen and oxygen atoms in total. The lowest BCUT2D eigenvalue weighted by atomic mass is 9.91. The van der Waals surface area contributed by atoms with Crippen LogP contribution in [0.3, 0.4) is 0 Å². The summed E-state index contributed by atoms with van der Waals surface area (Å²) in [5, 5.41) is 11.1. The normalized spacial score (nSPS) is 16.0. The zero-order valence-electron chi connectivity index (χ0n) is 16.9. The van der Waals surface area contributed by atoms with Crippen molar-refractivity contribution in [3.05, 3.63) is 76.8 Å². The summed E-state index contributed by atoms with van der Waals surface area (Å²) < 4.78 is 5.90. The van der Waals surface area contributed by atoms with Crippen LogP contribution in [0.15, 0.2) is 60.7 Å². The van der Waals surface area contributed by atoms with Crippen molar-refractivity contribution in [3.63, 3.8) is 0 Å². The molecular weight excluding hydrogens is 396 g/mol. The average Bonchev–Trinajstić information content (AvgIpc) is 2.79. The maximum absolute atomic E-state index is 10.3. The Hall–Kier alpha value is -2.69. The highest BCUT2D eigenvalue weighted by molar-refractivity contribution is 6.30. The van der Waals surface area contributed by atoms with Gasteiger partial charge < -0.3 is 14.7 Å². The maximum Gasteiger partial charge on any atom is 0.169 e. The third-order valence-corrected chi connectivity index (χ3v) is 6.40. The predicted molar refractivity (Wildman–Crippen MR) is 122 cm³/mol. The van der Waals surface area contributed by atoms with Crippen LogP contribution in [0, 0.1) is 0 Å². The molecule has 0 bridgehead atoms. The first-order chi connectivity index (χ1) is 14.7. The Morgan fingerprint density at radius 1 is 0.900 bits per heavy atom. The van der Waals surface area contributed by atoms with E-state index in [-0.39, 0.29) is 5.75 Å². The Bertz CT molecular complexity index is 1040. The van der Waals surface area contributed by atoms with E-state index in [4.69, 9.17) is 16.3 Å². The van der Waals surface area contributed by atoms with Crippen LogP contribution in [0.4, 0.5) is 5.69 Å². The lowest BCUT2D eigenvalue weighted by molar-refractivity contribution is 0.260. The number of halogens is 1. The van der Waals surface area contributed by atoms with Crippen molar-refractivity contribution in [2.24, 2.45) is 0 Å². The standard InChI is InChI=1S/C25H25ClN2O2/c26-20-6-8-21(9-7-20)28-15-13-27(14-16-28)12-11-18-5-10-23(29)25-24(18)22-4-2-1-3-19(22)17-30-25/h1-10,29H,11-17H2. The molecule has 2 aliphatic heterocycles. The summed E-state index contributed by atoms with van der Waals surface area (Å²) in [4.78, 5) is 4.93. The van der Waals surface area contributed by atoms with E-state index >= 15 is 0 Å². The summed E-state index contributed by atoms with van der Waals surface area (Å²) in [7, 11) is 0. The van der Waals surface area contributed by atoms with Crippen LogP contribution in [0.1, 0.15) is 11.1 Å². The van der Waals surface area contributed by atoms with E-state index in [0.717, 1.165) is 49.7 Å². The summed E-state index contributed by atoms with van der Waals surface area (Å²) >= 11 is 6.01. The third-order valence-electron chi connectivity index (χ3n) is 6.14. The van der Waals surface area contributed by atoms with E-state index in [9.17, 15) is 5.11 Å². The fourth-order valence-electron chi connectivity index (χ4n) is 4.46. The number of fused-ring (bicyclic) bond motifs is 3. The minimum atomic E-state index is 0.222. The Balaban J connectivity index is 1.28. The molecule has 0 saturated carbocycles. The first-order valence-corrected chi connectivity index (χ1v) is 10.9. The number of nitrogens with zero attached hydrogens (tertiary/aromatic N) is 2. The van der Waals surface area contributed by atoms with Gasteiger partial charge in [0.2, 0.25) is 0 Å². The predicted octanol–water partition coefficient (Wildman–Crippen LogP) is 4.97. The summed E-state index contributed by atoms with van der Waals surface area (Å²) in [5.41, 5.74) is 5.87. The zero-order chi connectivity index (χ0) is 20.5. The number of benzene rings is 3. The first-order valence-electron chi connectivity index (χ1n) is 10.5. The molecule has 0 atom stereocenters. The van der Waals surface area contributed by atoms with Crippen LogP contribution in [0.2, 0.25) is 5.02 Å². The number of aromatic hydroxyl groups is 1. The minimum absolute atomic E-state index is 0.222. The van der Waals surface area contributed by atoms with E-state index in [0.29, 0.717) is 12.4 Å². The van der Waals surface area contributed by atoms with Crippen molar-refractivity contribution in [3.8, 4) is 22.6 Å². The Kier molecular flexibility index (Phi) is 5.28. The van der Waals surface area contributed by atoms with Crippen molar-refractivity contribution in [1.29, 1.82) is 0 Å². The van der Waals surface area contributed by atoms with Gasteiger partial charge in [-0.25, -0.2) is 0 Å². The van der Waals surface area contributed by atoms with Crippen LogP contribution < -0.4 is 9.64 Å². The van der Waals surface area contributed by atoms with Gasteiger partial charge in [-0.3, -0.25) is 4.90 Å². The van der Waals surface area contributed by atoms with Crippen LogP contribution in [0.25, 0.3) is 11.1 Å². The Labute approximate surface area is 182 Å². The molecule has 154 valence electrons.